The monoisotopic (exact) mass is 242 g/mol. The molecule has 1 saturated carbocycles. The Balaban J connectivity index is 2.33. The number of carboxylic acid groups (broad SMARTS) is 1. The Morgan fingerprint density at radius 2 is 2.00 bits per heavy atom. The van der Waals surface area contributed by atoms with Gasteiger partial charge in [-0.3, -0.25) is 4.79 Å². The van der Waals surface area contributed by atoms with Gasteiger partial charge in [-0.1, -0.05) is 13.3 Å². The highest BCUT2D eigenvalue weighted by molar-refractivity contribution is 5.76. The molecule has 0 aromatic heterocycles. The van der Waals surface area contributed by atoms with Crippen molar-refractivity contribution in [2.75, 3.05) is 0 Å². The third-order valence-electron chi connectivity index (χ3n) is 3.00. The molecule has 5 nitrogen and oxygen atoms in total. The maximum absolute atomic E-state index is 11.6. The molecule has 0 aliphatic heterocycles. The number of nitrogens with one attached hydrogen (secondary N) is 2. The van der Waals surface area contributed by atoms with Crippen LogP contribution in [0.25, 0.3) is 0 Å². The highest BCUT2D eigenvalue weighted by Gasteiger charge is 2.33. The lowest BCUT2D eigenvalue weighted by molar-refractivity contribution is -0.137. The zero-order valence-electron chi connectivity index (χ0n) is 10.5. The highest BCUT2D eigenvalue weighted by Crippen LogP contribution is 2.33. The second-order valence-electron chi connectivity index (χ2n) is 4.85. The lowest BCUT2D eigenvalue weighted by atomic mass is 10.1. The number of amides is 2. The van der Waals surface area contributed by atoms with Crippen LogP contribution in [0.2, 0.25) is 0 Å². The Kier molecular flexibility index (Phi) is 5.25. The van der Waals surface area contributed by atoms with Gasteiger partial charge in [0, 0.05) is 12.1 Å². The first-order valence-corrected chi connectivity index (χ1v) is 6.31. The predicted octanol–water partition coefficient (Wildman–Crippen LogP) is 1.73. The minimum absolute atomic E-state index is 0.0141. The third-order valence-corrected chi connectivity index (χ3v) is 3.00. The number of urea groups is 1. The van der Waals surface area contributed by atoms with E-state index in [0.29, 0.717) is 5.92 Å². The van der Waals surface area contributed by atoms with Crippen LogP contribution in [0, 0.1) is 5.92 Å². The Labute approximate surface area is 102 Å². The van der Waals surface area contributed by atoms with Crippen LogP contribution in [-0.2, 0) is 4.79 Å². The highest BCUT2D eigenvalue weighted by atomic mass is 16.4. The van der Waals surface area contributed by atoms with Crippen molar-refractivity contribution in [1.82, 2.24) is 10.6 Å². The Morgan fingerprint density at radius 1 is 1.35 bits per heavy atom. The van der Waals surface area contributed by atoms with E-state index >= 15 is 0 Å². The van der Waals surface area contributed by atoms with Gasteiger partial charge in [0.25, 0.3) is 0 Å². The van der Waals surface area contributed by atoms with Crippen LogP contribution < -0.4 is 10.6 Å². The van der Waals surface area contributed by atoms with E-state index in [1.807, 2.05) is 6.92 Å². The summed E-state index contributed by atoms with van der Waals surface area (Å²) in [6.45, 7) is 4.01. The van der Waals surface area contributed by atoms with Gasteiger partial charge in [0.2, 0.25) is 0 Å². The maximum Gasteiger partial charge on any atom is 0.315 e. The first kappa shape index (κ1) is 13.8. The number of carbonyl (C=O) groups is 2. The molecule has 17 heavy (non-hydrogen) atoms. The minimum atomic E-state index is -0.858. The largest absolute Gasteiger partial charge is 0.481 e. The molecule has 1 aliphatic rings. The first-order valence-electron chi connectivity index (χ1n) is 6.31. The Morgan fingerprint density at radius 3 is 2.47 bits per heavy atom. The average Bonchev–Trinajstić information content (AvgIpc) is 2.98. The molecular formula is C12H22N2O3. The van der Waals surface area contributed by atoms with Crippen molar-refractivity contribution in [1.29, 1.82) is 0 Å². The van der Waals surface area contributed by atoms with Crippen LogP contribution in [0.3, 0.4) is 0 Å². The van der Waals surface area contributed by atoms with Gasteiger partial charge in [-0.15, -0.1) is 0 Å². The molecule has 3 N–H and O–H groups in total. The number of hydrogen-bond donors (Lipinski definition) is 3. The van der Waals surface area contributed by atoms with Gasteiger partial charge in [-0.25, -0.2) is 4.79 Å². The molecule has 0 radical (unpaired) electrons. The zero-order valence-corrected chi connectivity index (χ0v) is 10.5. The quantitative estimate of drug-likeness (QED) is 0.636. The van der Waals surface area contributed by atoms with E-state index < -0.39 is 5.97 Å². The summed E-state index contributed by atoms with van der Waals surface area (Å²) in [6.07, 6.45) is 3.99. The van der Waals surface area contributed by atoms with Crippen molar-refractivity contribution < 1.29 is 14.7 Å². The Bertz CT molecular complexity index is 277. The van der Waals surface area contributed by atoms with E-state index in [4.69, 9.17) is 5.11 Å². The lowest BCUT2D eigenvalue weighted by Crippen LogP contribution is -2.46. The molecule has 2 amide bonds. The van der Waals surface area contributed by atoms with E-state index in [2.05, 4.69) is 17.6 Å². The normalized spacial score (nSPS) is 18.2. The molecule has 1 aliphatic carbocycles. The molecule has 5 heteroatoms. The number of hydrogen-bond acceptors (Lipinski definition) is 2. The van der Waals surface area contributed by atoms with Crippen molar-refractivity contribution >= 4 is 12.0 Å². The van der Waals surface area contributed by atoms with E-state index in [0.717, 1.165) is 25.7 Å². The van der Waals surface area contributed by atoms with E-state index in [9.17, 15) is 9.59 Å². The Hall–Kier alpha value is -1.26. The molecule has 0 heterocycles. The van der Waals surface area contributed by atoms with Crippen LogP contribution in [-0.4, -0.2) is 29.2 Å². The number of carboxylic acids is 1. The van der Waals surface area contributed by atoms with Gasteiger partial charge < -0.3 is 15.7 Å². The summed E-state index contributed by atoms with van der Waals surface area (Å²) in [4.78, 5) is 22.3. The number of aliphatic carboxylic acids is 1. The topological polar surface area (TPSA) is 78.4 Å². The number of carbonyl (C=O) groups excluding carboxylic acids is 1. The van der Waals surface area contributed by atoms with Crippen LogP contribution >= 0.6 is 0 Å². The molecule has 0 bridgehead atoms. The predicted molar refractivity (Wildman–Crippen MR) is 64.8 cm³/mol. The standard InChI is InChI=1S/C12H22N2O3/c1-3-4-8(2)13-12(17)14-10(7-11(15)16)9-5-6-9/h8-10H,3-7H2,1-2H3,(H,15,16)(H2,13,14,17). The van der Waals surface area contributed by atoms with Gasteiger partial charge in [0.15, 0.2) is 0 Å². The fourth-order valence-corrected chi connectivity index (χ4v) is 1.96. The summed E-state index contributed by atoms with van der Waals surface area (Å²) in [7, 11) is 0. The zero-order chi connectivity index (χ0) is 12.8. The summed E-state index contributed by atoms with van der Waals surface area (Å²) in [5, 5.41) is 14.4. The van der Waals surface area contributed by atoms with Crippen LogP contribution in [0.1, 0.15) is 46.0 Å². The fourth-order valence-electron chi connectivity index (χ4n) is 1.96. The molecule has 1 fully saturated rings. The summed E-state index contributed by atoms with van der Waals surface area (Å²) in [6, 6.07) is -0.338. The molecule has 0 saturated heterocycles. The molecule has 1 rings (SSSR count). The van der Waals surface area contributed by atoms with Crippen molar-refractivity contribution in [3.63, 3.8) is 0 Å². The second kappa shape index (κ2) is 6.47. The molecule has 98 valence electrons. The lowest BCUT2D eigenvalue weighted by Gasteiger charge is -2.19. The maximum atomic E-state index is 11.6. The minimum Gasteiger partial charge on any atom is -0.481 e. The van der Waals surface area contributed by atoms with E-state index in [1.165, 1.54) is 0 Å². The van der Waals surface area contributed by atoms with Gasteiger partial charge in [-0.2, -0.15) is 0 Å². The van der Waals surface area contributed by atoms with Gasteiger partial charge in [0.05, 0.1) is 6.42 Å². The molecule has 0 spiro atoms. The molecule has 2 unspecified atom stereocenters. The van der Waals surface area contributed by atoms with Crippen molar-refractivity contribution in [3.05, 3.63) is 0 Å². The van der Waals surface area contributed by atoms with Crippen LogP contribution in [0.5, 0.6) is 0 Å². The van der Waals surface area contributed by atoms with Gasteiger partial charge >= 0.3 is 12.0 Å². The summed E-state index contributed by atoms with van der Waals surface area (Å²) in [5.41, 5.74) is 0. The van der Waals surface area contributed by atoms with Crippen LogP contribution in [0.4, 0.5) is 4.79 Å². The third kappa shape index (κ3) is 5.56. The SMILES string of the molecule is CCCC(C)NC(=O)NC(CC(=O)O)C1CC1. The fraction of sp³-hybridized carbons (Fsp3) is 0.833. The summed E-state index contributed by atoms with van der Waals surface area (Å²) < 4.78 is 0. The summed E-state index contributed by atoms with van der Waals surface area (Å²) in [5.74, 6) is -0.512. The molecule has 2 atom stereocenters. The van der Waals surface area contributed by atoms with Crippen LogP contribution in [0.15, 0.2) is 0 Å². The van der Waals surface area contributed by atoms with Crippen molar-refractivity contribution in [3.8, 4) is 0 Å². The molecule has 0 aromatic rings. The first-order chi connectivity index (χ1) is 8.02. The molecular weight excluding hydrogens is 220 g/mol. The van der Waals surface area contributed by atoms with E-state index in [-0.39, 0.29) is 24.5 Å². The second-order valence-corrected chi connectivity index (χ2v) is 4.85. The van der Waals surface area contributed by atoms with Crippen molar-refractivity contribution in [2.45, 2.75) is 58.0 Å². The average molecular weight is 242 g/mol. The smallest absolute Gasteiger partial charge is 0.315 e. The molecule has 0 aromatic carbocycles. The number of rotatable bonds is 7. The van der Waals surface area contributed by atoms with Gasteiger partial charge in [-0.05, 0) is 32.1 Å². The van der Waals surface area contributed by atoms with Crippen molar-refractivity contribution in [2.24, 2.45) is 5.92 Å². The van der Waals surface area contributed by atoms with E-state index in [1.54, 1.807) is 0 Å². The van der Waals surface area contributed by atoms with Gasteiger partial charge in [0.1, 0.15) is 0 Å². The summed E-state index contributed by atoms with van der Waals surface area (Å²) >= 11 is 0.